The van der Waals surface area contributed by atoms with E-state index in [0.717, 1.165) is 0 Å². The maximum Gasteiger partial charge on any atom is 0.323 e. The summed E-state index contributed by atoms with van der Waals surface area (Å²) in [5, 5.41) is 8.91. The molecule has 6 heteroatoms. The van der Waals surface area contributed by atoms with Gasteiger partial charge >= 0.3 is 12.0 Å². The van der Waals surface area contributed by atoms with Crippen LogP contribution in [0, 0.1) is 0 Å². The zero-order valence-electron chi connectivity index (χ0n) is 12.5. The SMILES string of the molecule is CC(C)N(CC(=O)O)C(=O)N1CC(C)N(C)C(C)C1. The van der Waals surface area contributed by atoms with E-state index in [1.165, 1.54) is 4.90 Å². The fourth-order valence-electron chi connectivity index (χ4n) is 2.36. The third-order valence-electron chi connectivity index (χ3n) is 3.80. The molecule has 1 fully saturated rings. The van der Waals surface area contributed by atoms with Gasteiger partial charge in [0, 0.05) is 31.2 Å². The van der Waals surface area contributed by atoms with Gasteiger partial charge in [-0.25, -0.2) is 4.79 Å². The number of likely N-dealkylation sites (N-methyl/N-ethyl adjacent to an activating group) is 1. The summed E-state index contributed by atoms with van der Waals surface area (Å²) in [6.07, 6.45) is 0. The maximum absolute atomic E-state index is 12.4. The van der Waals surface area contributed by atoms with Gasteiger partial charge in [-0.05, 0) is 34.7 Å². The summed E-state index contributed by atoms with van der Waals surface area (Å²) in [5.41, 5.74) is 0. The Morgan fingerprint density at radius 2 is 1.74 bits per heavy atom. The number of hydrogen-bond donors (Lipinski definition) is 1. The summed E-state index contributed by atoms with van der Waals surface area (Å²) in [7, 11) is 2.05. The number of carbonyl (C=O) groups excluding carboxylic acids is 1. The van der Waals surface area contributed by atoms with Gasteiger partial charge in [0.2, 0.25) is 0 Å². The molecule has 1 N–H and O–H groups in total. The second kappa shape index (κ2) is 6.23. The van der Waals surface area contributed by atoms with Crippen molar-refractivity contribution in [1.82, 2.24) is 14.7 Å². The van der Waals surface area contributed by atoms with E-state index in [4.69, 9.17) is 5.11 Å². The number of carbonyl (C=O) groups is 2. The van der Waals surface area contributed by atoms with Crippen LogP contribution < -0.4 is 0 Å². The van der Waals surface area contributed by atoms with Gasteiger partial charge < -0.3 is 14.9 Å². The van der Waals surface area contributed by atoms with E-state index in [1.807, 2.05) is 13.8 Å². The summed E-state index contributed by atoms with van der Waals surface area (Å²) < 4.78 is 0. The molecule has 1 rings (SSSR count). The first-order valence-corrected chi connectivity index (χ1v) is 6.73. The van der Waals surface area contributed by atoms with E-state index in [0.29, 0.717) is 13.1 Å². The van der Waals surface area contributed by atoms with Crippen LogP contribution in [-0.4, -0.2) is 76.6 Å². The Balaban J connectivity index is 2.77. The van der Waals surface area contributed by atoms with Crippen molar-refractivity contribution in [1.29, 1.82) is 0 Å². The minimum absolute atomic E-state index is 0.117. The molecule has 110 valence electrons. The van der Waals surface area contributed by atoms with Crippen LogP contribution in [0.4, 0.5) is 4.79 Å². The van der Waals surface area contributed by atoms with Gasteiger partial charge in [-0.15, -0.1) is 0 Å². The highest BCUT2D eigenvalue weighted by molar-refractivity contribution is 5.80. The van der Waals surface area contributed by atoms with E-state index < -0.39 is 5.97 Å². The fourth-order valence-corrected chi connectivity index (χ4v) is 2.36. The van der Waals surface area contributed by atoms with Crippen LogP contribution in [0.25, 0.3) is 0 Å². The quantitative estimate of drug-likeness (QED) is 0.829. The van der Waals surface area contributed by atoms with Gasteiger partial charge in [-0.3, -0.25) is 9.69 Å². The standard InChI is InChI=1S/C13H25N3O3/c1-9(2)16(8-12(17)18)13(19)15-6-10(3)14(5)11(4)7-15/h9-11H,6-8H2,1-5H3,(H,17,18). The van der Waals surface area contributed by atoms with Crippen LogP contribution >= 0.6 is 0 Å². The molecule has 6 nitrogen and oxygen atoms in total. The molecule has 2 amide bonds. The van der Waals surface area contributed by atoms with Gasteiger partial charge in [-0.2, -0.15) is 0 Å². The molecule has 1 saturated heterocycles. The fraction of sp³-hybridized carbons (Fsp3) is 0.846. The van der Waals surface area contributed by atoms with Gasteiger partial charge in [0.1, 0.15) is 6.54 Å². The van der Waals surface area contributed by atoms with Gasteiger partial charge in [-0.1, -0.05) is 0 Å². The lowest BCUT2D eigenvalue weighted by Crippen LogP contribution is -2.60. The van der Waals surface area contributed by atoms with Crippen LogP contribution in [0.2, 0.25) is 0 Å². The Morgan fingerprint density at radius 1 is 1.26 bits per heavy atom. The monoisotopic (exact) mass is 271 g/mol. The van der Waals surface area contributed by atoms with Crippen molar-refractivity contribution in [2.45, 2.75) is 45.8 Å². The number of nitrogens with zero attached hydrogens (tertiary/aromatic N) is 3. The number of urea groups is 1. The number of piperazine rings is 1. The smallest absolute Gasteiger partial charge is 0.323 e. The molecule has 2 unspecified atom stereocenters. The third-order valence-corrected chi connectivity index (χ3v) is 3.80. The first kappa shape index (κ1) is 15.8. The van der Waals surface area contributed by atoms with Crippen LogP contribution in [0.3, 0.4) is 0 Å². The second-order valence-corrected chi connectivity index (χ2v) is 5.67. The molecule has 2 atom stereocenters. The summed E-state index contributed by atoms with van der Waals surface area (Å²) >= 11 is 0. The van der Waals surface area contributed by atoms with Gasteiger partial charge in [0.25, 0.3) is 0 Å². The highest BCUT2D eigenvalue weighted by atomic mass is 16.4. The zero-order chi connectivity index (χ0) is 14.7. The lowest BCUT2D eigenvalue weighted by Gasteiger charge is -2.44. The molecule has 1 aliphatic heterocycles. The van der Waals surface area contributed by atoms with Gasteiger partial charge in [0.05, 0.1) is 0 Å². The van der Waals surface area contributed by atoms with Crippen LogP contribution in [-0.2, 0) is 4.79 Å². The summed E-state index contributed by atoms with van der Waals surface area (Å²) in [6, 6.07) is 0.274. The Kier molecular flexibility index (Phi) is 5.17. The average Bonchev–Trinajstić information content (AvgIpc) is 2.31. The minimum Gasteiger partial charge on any atom is -0.480 e. The first-order valence-electron chi connectivity index (χ1n) is 6.73. The molecule has 0 saturated carbocycles. The Bertz CT molecular complexity index is 334. The largest absolute Gasteiger partial charge is 0.480 e. The highest BCUT2D eigenvalue weighted by Crippen LogP contribution is 2.16. The minimum atomic E-state index is -0.975. The lowest BCUT2D eigenvalue weighted by molar-refractivity contribution is -0.138. The van der Waals surface area contributed by atoms with Crippen LogP contribution in [0.1, 0.15) is 27.7 Å². The van der Waals surface area contributed by atoms with E-state index in [1.54, 1.807) is 4.90 Å². The second-order valence-electron chi connectivity index (χ2n) is 5.67. The molecule has 0 radical (unpaired) electrons. The molecule has 0 aliphatic carbocycles. The van der Waals surface area contributed by atoms with Crippen molar-refractivity contribution in [3.63, 3.8) is 0 Å². The van der Waals surface area contributed by atoms with Crippen molar-refractivity contribution in [2.75, 3.05) is 26.7 Å². The highest BCUT2D eigenvalue weighted by Gasteiger charge is 2.32. The number of carboxylic acid groups (broad SMARTS) is 1. The number of aliphatic carboxylic acids is 1. The van der Waals surface area contributed by atoms with Crippen molar-refractivity contribution >= 4 is 12.0 Å². The zero-order valence-corrected chi connectivity index (χ0v) is 12.5. The molecular formula is C13H25N3O3. The maximum atomic E-state index is 12.4. The molecule has 0 aromatic heterocycles. The summed E-state index contributed by atoms with van der Waals surface area (Å²) in [5.74, 6) is -0.975. The molecule has 19 heavy (non-hydrogen) atoms. The van der Waals surface area contributed by atoms with Crippen LogP contribution in [0.5, 0.6) is 0 Å². The molecule has 0 aromatic rings. The topological polar surface area (TPSA) is 64.1 Å². The van der Waals surface area contributed by atoms with Crippen LogP contribution in [0.15, 0.2) is 0 Å². The number of rotatable bonds is 3. The molecule has 0 aromatic carbocycles. The molecule has 0 bridgehead atoms. The van der Waals surface area contributed by atoms with E-state index in [2.05, 4.69) is 25.8 Å². The number of carboxylic acids is 1. The average molecular weight is 271 g/mol. The number of amides is 2. The number of hydrogen-bond acceptors (Lipinski definition) is 3. The molecular weight excluding hydrogens is 246 g/mol. The predicted octanol–water partition coefficient (Wildman–Crippen LogP) is 0.926. The Hall–Kier alpha value is -1.30. The van der Waals surface area contributed by atoms with Crippen molar-refractivity contribution in [2.24, 2.45) is 0 Å². The third kappa shape index (κ3) is 3.83. The predicted molar refractivity (Wildman–Crippen MR) is 73.1 cm³/mol. The summed E-state index contributed by atoms with van der Waals surface area (Å²) in [4.78, 5) is 28.7. The molecule has 1 aliphatic rings. The van der Waals surface area contributed by atoms with Crippen molar-refractivity contribution < 1.29 is 14.7 Å². The first-order chi connectivity index (χ1) is 8.73. The Morgan fingerprint density at radius 3 is 2.11 bits per heavy atom. The van der Waals surface area contributed by atoms with Gasteiger partial charge in [0.15, 0.2) is 0 Å². The van der Waals surface area contributed by atoms with Crippen molar-refractivity contribution in [3.05, 3.63) is 0 Å². The Labute approximate surface area is 115 Å². The van der Waals surface area contributed by atoms with E-state index in [-0.39, 0.29) is 30.7 Å². The van der Waals surface area contributed by atoms with E-state index >= 15 is 0 Å². The van der Waals surface area contributed by atoms with E-state index in [9.17, 15) is 9.59 Å². The normalized spacial score (nSPS) is 24.6. The van der Waals surface area contributed by atoms with Crippen molar-refractivity contribution in [3.8, 4) is 0 Å². The summed E-state index contributed by atoms with van der Waals surface area (Å²) in [6.45, 7) is 8.86. The molecule has 0 spiro atoms. The lowest BCUT2D eigenvalue weighted by atomic mass is 10.1. The molecule has 1 heterocycles.